The molecule has 2 rings (SSSR count). The molecule has 0 heterocycles. The number of esters is 1. The lowest BCUT2D eigenvalue weighted by atomic mass is 10.2. The molecule has 0 saturated carbocycles. The number of carbonyl (C=O) groups excluding carboxylic acids is 2. The zero-order valence-corrected chi connectivity index (χ0v) is 14.9. The van der Waals surface area contributed by atoms with Crippen LogP contribution >= 0.6 is 0 Å². The summed E-state index contributed by atoms with van der Waals surface area (Å²) in [5, 5.41) is 11.5. The van der Waals surface area contributed by atoms with Crippen molar-refractivity contribution in [3.8, 4) is 17.6 Å². The molecule has 0 radical (unpaired) electrons. The number of anilines is 1. The maximum absolute atomic E-state index is 11.9. The molecule has 0 aliphatic heterocycles. The zero-order chi connectivity index (χ0) is 19.5. The molecule has 7 nitrogen and oxygen atoms in total. The molecule has 2 aromatic rings. The van der Waals surface area contributed by atoms with Crippen LogP contribution < -0.4 is 14.8 Å². The van der Waals surface area contributed by atoms with Gasteiger partial charge in [0.15, 0.2) is 24.7 Å². The molecule has 1 N–H and O–H groups in total. The first kappa shape index (κ1) is 19.8. The van der Waals surface area contributed by atoms with Crippen molar-refractivity contribution >= 4 is 17.6 Å². The van der Waals surface area contributed by atoms with Gasteiger partial charge in [0, 0.05) is 0 Å². The van der Waals surface area contributed by atoms with Gasteiger partial charge in [0.05, 0.1) is 17.9 Å². The Morgan fingerprint density at radius 3 is 2.37 bits per heavy atom. The number of ether oxygens (including phenoxy) is 3. The van der Waals surface area contributed by atoms with Crippen LogP contribution in [-0.2, 0) is 14.3 Å². The first-order valence-corrected chi connectivity index (χ1v) is 8.43. The van der Waals surface area contributed by atoms with Crippen molar-refractivity contribution in [3.05, 3.63) is 54.1 Å². The summed E-state index contributed by atoms with van der Waals surface area (Å²) in [5.41, 5.74) is 0.684. The van der Waals surface area contributed by atoms with Gasteiger partial charge in [-0.2, -0.15) is 5.26 Å². The number of carbonyl (C=O) groups is 2. The Bertz CT molecular complexity index is 829. The minimum Gasteiger partial charge on any atom is -0.490 e. The number of hydrogen-bond acceptors (Lipinski definition) is 6. The van der Waals surface area contributed by atoms with Crippen LogP contribution in [0.15, 0.2) is 48.5 Å². The van der Waals surface area contributed by atoms with E-state index in [-0.39, 0.29) is 6.61 Å². The van der Waals surface area contributed by atoms with Gasteiger partial charge in [-0.15, -0.1) is 0 Å². The van der Waals surface area contributed by atoms with E-state index in [0.29, 0.717) is 29.4 Å². The second kappa shape index (κ2) is 10.5. The molecule has 2 aromatic carbocycles. The fourth-order valence-electron chi connectivity index (χ4n) is 2.10. The van der Waals surface area contributed by atoms with E-state index >= 15 is 0 Å². The summed E-state index contributed by atoms with van der Waals surface area (Å²) in [6, 6.07) is 15.5. The number of para-hydroxylation sites is 3. The Morgan fingerprint density at radius 2 is 1.67 bits per heavy atom. The van der Waals surface area contributed by atoms with E-state index < -0.39 is 18.5 Å². The number of hydrogen-bond donors (Lipinski definition) is 1. The molecule has 27 heavy (non-hydrogen) atoms. The van der Waals surface area contributed by atoms with Gasteiger partial charge in [-0.25, -0.2) is 4.79 Å². The Balaban J connectivity index is 1.80. The highest BCUT2D eigenvalue weighted by Crippen LogP contribution is 2.26. The lowest BCUT2D eigenvalue weighted by molar-refractivity contribution is -0.149. The fourth-order valence-corrected chi connectivity index (χ4v) is 2.10. The maximum Gasteiger partial charge on any atom is 0.344 e. The third-order valence-electron chi connectivity index (χ3n) is 3.34. The molecule has 0 atom stereocenters. The van der Waals surface area contributed by atoms with E-state index in [9.17, 15) is 9.59 Å². The SMILES string of the molecule is CCCOc1ccccc1OCC(=O)OCC(=O)Nc1ccccc1C#N. The molecule has 0 aliphatic carbocycles. The summed E-state index contributed by atoms with van der Waals surface area (Å²) in [7, 11) is 0. The van der Waals surface area contributed by atoms with Crippen LogP contribution in [0, 0.1) is 11.3 Å². The Hall–Kier alpha value is -3.53. The molecular weight excluding hydrogens is 348 g/mol. The topological polar surface area (TPSA) is 97.7 Å². The molecule has 0 unspecified atom stereocenters. The number of nitrogens with zero attached hydrogens (tertiary/aromatic N) is 1. The highest BCUT2D eigenvalue weighted by atomic mass is 16.6. The highest BCUT2D eigenvalue weighted by Gasteiger charge is 2.12. The van der Waals surface area contributed by atoms with Crippen molar-refractivity contribution in [1.29, 1.82) is 5.26 Å². The largest absolute Gasteiger partial charge is 0.490 e. The van der Waals surface area contributed by atoms with E-state index in [2.05, 4.69) is 5.32 Å². The van der Waals surface area contributed by atoms with Crippen molar-refractivity contribution in [2.24, 2.45) is 0 Å². The molecule has 0 aromatic heterocycles. The third-order valence-corrected chi connectivity index (χ3v) is 3.34. The van der Waals surface area contributed by atoms with Crippen LogP contribution in [0.3, 0.4) is 0 Å². The predicted octanol–water partition coefficient (Wildman–Crippen LogP) is 2.91. The first-order valence-electron chi connectivity index (χ1n) is 8.43. The molecular formula is C20H20N2O5. The minimum absolute atomic E-state index is 0.323. The number of amides is 1. The average molecular weight is 368 g/mol. The van der Waals surface area contributed by atoms with Crippen molar-refractivity contribution < 1.29 is 23.8 Å². The normalized spacial score (nSPS) is 9.78. The molecule has 0 fully saturated rings. The summed E-state index contributed by atoms with van der Waals surface area (Å²) < 4.78 is 15.8. The van der Waals surface area contributed by atoms with Gasteiger partial charge in [-0.05, 0) is 30.7 Å². The van der Waals surface area contributed by atoms with Gasteiger partial charge in [-0.3, -0.25) is 4.79 Å². The third kappa shape index (κ3) is 6.36. The molecule has 0 saturated heterocycles. The maximum atomic E-state index is 11.9. The van der Waals surface area contributed by atoms with E-state index in [0.717, 1.165) is 6.42 Å². The summed E-state index contributed by atoms with van der Waals surface area (Å²) in [6.45, 7) is 1.70. The summed E-state index contributed by atoms with van der Waals surface area (Å²) in [5.74, 6) is -0.268. The van der Waals surface area contributed by atoms with Crippen LogP contribution in [0.5, 0.6) is 11.5 Å². The van der Waals surface area contributed by atoms with Crippen molar-refractivity contribution in [1.82, 2.24) is 0 Å². The highest BCUT2D eigenvalue weighted by molar-refractivity contribution is 5.94. The van der Waals surface area contributed by atoms with Crippen LogP contribution in [0.25, 0.3) is 0 Å². The van der Waals surface area contributed by atoms with E-state index in [1.165, 1.54) is 0 Å². The van der Waals surface area contributed by atoms with Crippen LogP contribution in [-0.4, -0.2) is 31.7 Å². The van der Waals surface area contributed by atoms with Crippen molar-refractivity contribution in [2.75, 3.05) is 25.1 Å². The van der Waals surface area contributed by atoms with Gasteiger partial charge in [0.25, 0.3) is 5.91 Å². The number of benzene rings is 2. The molecule has 140 valence electrons. The van der Waals surface area contributed by atoms with Gasteiger partial charge >= 0.3 is 5.97 Å². The minimum atomic E-state index is -0.691. The summed E-state index contributed by atoms with van der Waals surface area (Å²) >= 11 is 0. The Kier molecular flexibility index (Phi) is 7.67. The lowest BCUT2D eigenvalue weighted by Crippen LogP contribution is -2.24. The Morgan fingerprint density at radius 1 is 1.00 bits per heavy atom. The van der Waals surface area contributed by atoms with E-state index in [1.807, 2.05) is 13.0 Å². The van der Waals surface area contributed by atoms with Gasteiger partial charge in [0.2, 0.25) is 0 Å². The van der Waals surface area contributed by atoms with E-state index in [4.69, 9.17) is 19.5 Å². The first-order chi connectivity index (χ1) is 13.1. The molecule has 1 amide bonds. The lowest BCUT2D eigenvalue weighted by Gasteiger charge is -2.12. The monoisotopic (exact) mass is 368 g/mol. The van der Waals surface area contributed by atoms with E-state index in [1.54, 1.807) is 48.5 Å². The van der Waals surface area contributed by atoms with Crippen LogP contribution in [0.1, 0.15) is 18.9 Å². The second-order valence-electron chi connectivity index (χ2n) is 5.45. The summed E-state index contributed by atoms with van der Waals surface area (Å²) in [6.07, 6.45) is 0.848. The van der Waals surface area contributed by atoms with Crippen molar-refractivity contribution in [3.63, 3.8) is 0 Å². The molecule has 0 aliphatic rings. The molecule has 0 bridgehead atoms. The number of nitrogens with one attached hydrogen (secondary N) is 1. The quantitative estimate of drug-likeness (QED) is 0.684. The zero-order valence-electron chi connectivity index (χ0n) is 14.9. The van der Waals surface area contributed by atoms with Crippen LogP contribution in [0.4, 0.5) is 5.69 Å². The smallest absolute Gasteiger partial charge is 0.344 e. The Labute approximate surface area is 157 Å². The van der Waals surface area contributed by atoms with Crippen LogP contribution in [0.2, 0.25) is 0 Å². The average Bonchev–Trinajstić information content (AvgIpc) is 2.70. The number of rotatable bonds is 9. The number of nitriles is 1. The standard InChI is InChI=1S/C20H20N2O5/c1-2-11-25-17-9-5-6-10-18(17)26-14-20(24)27-13-19(23)22-16-8-4-3-7-15(16)12-21/h3-10H,2,11,13-14H2,1H3,(H,22,23). The predicted molar refractivity (Wildman–Crippen MR) is 98.5 cm³/mol. The van der Waals surface area contributed by atoms with Gasteiger partial charge in [-0.1, -0.05) is 31.2 Å². The van der Waals surface area contributed by atoms with Crippen molar-refractivity contribution in [2.45, 2.75) is 13.3 Å². The fraction of sp³-hybridized carbons (Fsp3) is 0.250. The molecule has 7 heteroatoms. The van der Waals surface area contributed by atoms with Gasteiger partial charge < -0.3 is 19.5 Å². The molecule has 0 spiro atoms. The summed E-state index contributed by atoms with van der Waals surface area (Å²) in [4.78, 5) is 23.7. The van der Waals surface area contributed by atoms with Gasteiger partial charge in [0.1, 0.15) is 6.07 Å². The second-order valence-corrected chi connectivity index (χ2v) is 5.45.